The molecule has 0 aliphatic heterocycles. The van der Waals surface area contributed by atoms with E-state index in [9.17, 15) is 0 Å². The number of ether oxygens (including phenoxy) is 1. The van der Waals surface area contributed by atoms with Crippen molar-refractivity contribution >= 4 is 23.2 Å². The average molecular weight is 302 g/mol. The lowest BCUT2D eigenvalue weighted by Gasteiger charge is -2.25. The highest BCUT2D eigenvalue weighted by Gasteiger charge is 2.15. The molecule has 0 radical (unpaired) electrons. The molecule has 1 aromatic carbocycles. The molecule has 0 heterocycles. The van der Waals surface area contributed by atoms with Gasteiger partial charge in [0.1, 0.15) is 16.9 Å². The second kappa shape index (κ2) is 7.37. The highest BCUT2D eigenvalue weighted by atomic mass is 35.5. The van der Waals surface area contributed by atoms with Gasteiger partial charge in [0.2, 0.25) is 0 Å². The van der Waals surface area contributed by atoms with E-state index in [1.807, 2.05) is 19.1 Å². The Labute approximate surface area is 125 Å². The van der Waals surface area contributed by atoms with Gasteiger partial charge >= 0.3 is 0 Å². The van der Waals surface area contributed by atoms with E-state index in [0.29, 0.717) is 21.8 Å². The lowest BCUT2D eigenvalue weighted by atomic mass is 9.95. The van der Waals surface area contributed by atoms with Crippen LogP contribution in [-0.4, -0.2) is 18.7 Å². The summed E-state index contributed by atoms with van der Waals surface area (Å²) in [7, 11) is 0. The Hall–Kier alpha value is -0.440. The van der Waals surface area contributed by atoms with Crippen LogP contribution in [-0.2, 0) is 0 Å². The summed E-state index contributed by atoms with van der Waals surface area (Å²) in [6.45, 7) is 2.89. The molecule has 1 saturated carbocycles. The van der Waals surface area contributed by atoms with Crippen LogP contribution in [0, 0.1) is 0 Å². The molecule has 0 aromatic heterocycles. The van der Waals surface area contributed by atoms with Gasteiger partial charge in [-0.1, -0.05) is 48.5 Å². The number of hydrogen-bond acceptors (Lipinski definition) is 2. The Morgan fingerprint density at radius 3 is 2.74 bits per heavy atom. The lowest BCUT2D eigenvalue weighted by Crippen LogP contribution is -2.37. The van der Waals surface area contributed by atoms with Crippen LogP contribution in [0.5, 0.6) is 5.75 Å². The molecule has 2 rings (SSSR count). The number of nitrogens with one attached hydrogen (secondary N) is 1. The van der Waals surface area contributed by atoms with Crippen molar-refractivity contribution in [2.75, 3.05) is 6.54 Å². The van der Waals surface area contributed by atoms with E-state index in [0.717, 1.165) is 6.54 Å². The average Bonchev–Trinajstić information content (AvgIpc) is 2.43. The van der Waals surface area contributed by atoms with Crippen molar-refractivity contribution < 1.29 is 4.74 Å². The van der Waals surface area contributed by atoms with Crippen molar-refractivity contribution in [3.63, 3.8) is 0 Å². The third-order valence-corrected chi connectivity index (χ3v) is 4.35. The largest absolute Gasteiger partial charge is 0.488 e. The fraction of sp³-hybridized carbons (Fsp3) is 0.600. The van der Waals surface area contributed by atoms with Crippen LogP contribution < -0.4 is 10.1 Å². The summed E-state index contributed by atoms with van der Waals surface area (Å²) < 4.78 is 5.84. The SMILES string of the molecule is CC(CNC1CCCCC1)Oc1cccc(Cl)c1Cl. The maximum atomic E-state index is 6.11. The molecule has 1 atom stereocenters. The Kier molecular flexibility index (Phi) is 5.80. The van der Waals surface area contributed by atoms with E-state index >= 15 is 0 Å². The van der Waals surface area contributed by atoms with Crippen LogP contribution in [0.25, 0.3) is 0 Å². The van der Waals surface area contributed by atoms with E-state index in [-0.39, 0.29) is 6.10 Å². The molecule has 4 heteroatoms. The Morgan fingerprint density at radius 1 is 1.26 bits per heavy atom. The molecule has 19 heavy (non-hydrogen) atoms. The first-order valence-electron chi connectivity index (χ1n) is 7.01. The molecule has 106 valence electrons. The zero-order valence-electron chi connectivity index (χ0n) is 11.3. The second-order valence-corrected chi connectivity index (χ2v) is 6.01. The van der Waals surface area contributed by atoms with E-state index in [2.05, 4.69) is 5.32 Å². The molecule has 1 unspecified atom stereocenters. The topological polar surface area (TPSA) is 21.3 Å². The first-order chi connectivity index (χ1) is 9.16. The van der Waals surface area contributed by atoms with E-state index in [1.165, 1.54) is 32.1 Å². The summed E-state index contributed by atoms with van der Waals surface area (Å²) in [5.41, 5.74) is 0. The van der Waals surface area contributed by atoms with Crippen LogP contribution in [0.1, 0.15) is 39.0 Å². The van der Waals surface area contributed by atoms with Crippen LogP contribution >= 0.6 is 23.2 Å². The van der Waals surface area contributed by atoms with Gasteiger partial charge in [0.25, 0.3) is 0 Å². The summed E-state index contributed by atoms with van der Waals surface area (Å²) in [5, 5.41) is 4.60. The van der Waals surface area contributed by atoms with Gasteiger partial charge in [-0.15, -0.1) is 0 Å². The first kappa shape index (κ1) is 15.0. The monoisotopic (exact) mass is 301 g/mol. The molecule has 1 aliphatic carbocycles. The first-order valence-corrected chi connectivity index (χ1v) is 7.76. The van der Waals surface area contributed by atoms with Gasteiger partial charge in [0.05, 0.1) is 5.02 Å². The molecule has 1 aromatic rings. The molecule has 1 aliphatic rings. The molecule has 1 fully saturated rings. The van der Waals surface area contributed by atoms with Crippen LogP contribution in [0.15, 0.2) is 18.2 Å². The zero-order valence-corrected chi connectivity index (χ0v) is 12.8. The number of hydrogen-bond donors (Lipinski definition) is 1. The molecular weight excluding hydrogens is 281 g/mol. The van der Waals surface area contributed by atoms with Crippen LogP contribution in [0.3, 0.4) is 0 Å². The van der Waals surface area contributed by atoms with E-state index in [4.69, 9.17) is 27.9 Å². The fourth-order valence-electron chi connectivity index (χ4n) is 2.47. The van der Waals surface area contributed by atoms with Gasteiger partial charge in [0.15, 0.2) is 0 Å². The summed E-state index contributed by atoms with van der Waals surface area (Å²) in [4.78, 5) is 0. The predicted molar refractivity (Wildman–Crippen MR) is 81.4 cm³/mol. The van der Waals surface area contributed by atoms with Crippen molar-refractivity contribution in [2.24, 2.45) is 0 Å². The van der Waals surface area contributed by atoms with Gasteiger partial charge in [-0.25, -0.2) is 0 Å². The smallest absolute Gasteiger partial charge is 0.139 e. The molecule has 0 spiro atoms. The molecule has 2 nitrogen and oxygen atoms in total. The summed E-state index contributed by atoms with van der Waals surface area (Å²) in [6.07, 6.45) is 6.70. The standard InChI is InChI=1S/C15H21Cl2NO/c1-11(10-18-12-6-3-2-4-7-12)19-14-9-5-8-13(16)15(14)17/h5,8-9,11-12,18H,2-4,6-7,10H2,1H3. The van der Waals surface area contributed by atoms with E-state index < -0.39 is 0 Å². The fourth-order valence-corrected chi connectivity index (χ4v) is 2.81. The predicted octanol–water partition coefficient (Wildman–Crippen LogP) is 4.68. The lowest BCUT2D eigenvalue weighted by molar-refractivity contribution is 0.205. The minimum atomic E-state index is 0.0814. The van der Waals surface area contributed by atoms with Crippen molar-refractivity contribution in [1.29, 1.82) is 0 Å². The van der Waals surface area contributed by atoms with Crippen molar-refractivity contribution in [3.05, 3.63) is 28.2 Å². The summed E-state index contributed by atoms with van der Waals surface area (Å²) >= 11 is 12.1. The maximum Gasteiger partial charge on any atom is 0.139 e. The second-order valence-electron chi connectivity index (χ2n) is 5.22. The number of benzene rings is 1. The van der Waals surface area contributed by atoms with Crippen molar-refractivity contribution in [3.8, 4) is 5.75 Å². The normalized spacial score (nSPS) is 18.3. The highest BCUT2D eigenvalue weighted by Crippen LogP contribution is 2.32. The zero-order chi connectivity index (χ0) is 13.7. The number of rotatable bonds is 5. The quantitative estimate of drug-likeness (QED) is 0.852. The van der Waals surface area contributed by atoms with Crippen molar-refractivity contribution in [1.82, 2.24) is 5.32 Å². The maximum absolute atomic E-state index is 6.11. The Bertz CT molecular complexity index is 405. The third kappa shape index (κ3) is 4.55. The van der Waals surface area contributed by atoms with Gasteiger partial charge in [-0.3, -0.25) is 0 Å². The Balaban J connectivity index is 1.80. The Morgan fingerprint density at radius 2 is 2.00 bits per heavy atom. The van der Waals surface area contributed by atoms with Gasteiger partial charge in [0, 0.05) is 12.6 Å². The summed E-state index contributed by atoms with van der Waals surface area (Å²) in [6, 6.07) is 6.12. The third-order valence-electron chi connectivity index (χ3n) is 3.54. The molecule has 0 saturated heterocycles. The molecule has 0 bridgehead atoms. The highest BCUT2D eigenvalue weighted by molar-refractivity contribution is 6.42. The number of halogens is 2. The van der Waals surface area contributed by atoms with E-state index in [1.54, 1.807) is 6.07 Å². The molecule has 1 N–H and O–H groups in total. The molecule has 0 amide bonds. The summed E-state index contributed by atoms with van der Waals surface area (Å²) in [5.74, 6) is 0.659. The van der Waals surface area contributed by atoms with Crippen LogP contribution in [0.4, 0.5) is 0 Å². The van der Waals surface area contributed by atoms with Crippen LogP contribution in [0.2, 0.25) is 10.0 Å². The minimum Gasteiger partial charge on any atom is -0.488 e. The van der Waals surface area contributed by atoms with Crippen molar-refractivity contribution in [2.45, 2.75) is 51.2 Å². The van der Waals surface area contributed by atoms with Gasteiger partial charge in [-0.05, 0) is 31.9 Å². The molecular formula is C15H21Cl2NO. The van der Waals surface area contributed by atoms with Gasteiger partial charge < -0.3 is 10.1 Å². The van der Waals surface area contributed by atoms with Gasteiger partial charge in [-0.2, -0.15) is 0 Å². The minimum absolute atomic E-state index is 0.0814.